The van der Waals surface area contributed by atoms with Crippen molar-refractivity contribution in [3.8, 4) is 0 Å². The van der Waals surface area contributed by atoms with Gasteiger partial charge in [-0.2, -0.15) is 0 Å². The Bertz CT molecular complexity index is 397. The average molecular weight is 462 g/mol. The van der Waals surface area contributed by atoms with E-state index in [2.05, 4.69) is 18.7 Å². The molecule has 1 heterocycles. The molecule has 2 unspecified atom stereocenters. The Kier molecular flexibility index (Phi) is 17.9. The third kappa shape index (κ3) is 13.6. The van der Waals surface area contributed by atoms with Gasteiger partial charge in [0.2, 0.25) is 0 Å². The van der Waals surface area contributed by atoms with Gasteiger partial charge in [0, 0.05) is 6.04 Å². The van der Waals surface area contributed by atoms with Crippen LogP contribution >= 0.6 is 0 Å². The molecule has 2 atom stereocenters. The Morgan fingerprint density at radius 3 is 1.55 bits per heavy atom. The number of hydrogen-bond donors (Lipinski definition) is 0. The van der Waals surface area contributed by atoms with Gasteiger partial charge in [0.1, 0.15) is 0 Å². The van der Waals surface area contributed by atoms with Gasteiger partial charge >= 0.3 is 0 Å². The Hall–Kier alpha value is -0.0400. The zero-order chi connectivity index (χ0) is 23.4. The van der Waals surface area contributed by atoms with Gasteiger partial charge in [-0.3, -0.25) is 0 Å². The molecule has 2 rings (SSSR count). The topological polar surface area (TPSA) is 3.24 Å². The molecule has 0 spiro atoms. The maximum absolute atomic E-state index is 2.92. The van der Waals surface area contributed by atoms with Gasteiger partial charge in [-0.1, -0.05) is 149 Å². The normalized spacial score (nSPS) is 23.5. The molecule has 2 aliphatic rings. The summed E-state index contributed by atoms with van der Waals surface area (Å²) in [5.41, 5.74) is 0. The lowest BCUT2D eigenvalue weighted by Gasteiger charge is -2.32. The van der Waals surface area contributed by atoms with Gasteiger partial charge in [0.05, 0.1) is 0 Å². The van der Waals surface area contributed by atoms with Crippen LogP contribution in [0.25, 0.3) is 0 Å². The molecule has 196 valence electrons. The molecule has 1 aliphatic carbocycles. The largest absolute Gasteiger partial charge is 0.300 e. The molecule has 1 aliphatic heterocycles. The van der Waals surface area contributed by atoms with Crippen LogP contribution in [0.4, 0.5) is 0 Å². The minimum atomic E-state index is 0.874. The van der Waals surface area contributed by atoms with Crippen molar-refractivity contribution >= 4 is 0 Å². The average Bonchev–Trinajstić information content (AvgIpc) is 2.90. The number of unbranched alkanes of at least 4 members (excludes halogenated alkanes) is 2. The zero-order valence-corrected chi connectivity index (χ0v) is 23.3. The molecular weight excluding hydrogens is 398 g/mol. The lowest BCUT2D eigenvalue weighted by atomic mass is 9.79. The summed E-state index contributed by atoms with van der Waals surface area (Å²) in [6.07, 6.45) is 37.0. The molecule has 0 bridgehead atoms. The van der Waals surface area contributed by atoms with E-state index >= 15 is 0 Å². The summed E-state index contributed by atoms with van der Waals surface area (Å²) in [6, 6.07) is 0.874. The molecule has 0 N–H and O–H groups in total. The first-order valence-electron chi connectivity index (χ1n) is 16.1. The van der Waals surface area contributed by atoms with Crippen LogP contribution in [0.15, 0.2) is 0 Å². The summed E-state index contributed by atoms with van der Waals surface area (Å²) >= 11 is 0. The second-order valence-electron chi connectivity index (χ2n) is 11.9. The van der Waals surface area contributed by atoms with Crippen LogP contribution < -0.4 is 0 Å². The highest BCUT2D eigenvalue weighted by Gasteiger charge is 2.20. The monoisotopic (exact) mass is 461 g/mol. The van der Waals surface area contributed by atoms with E-state index in [0.29, 0.717) is 0 Å². The second-order valence-corrected chi connectivity index (χ2v) is 11.9. The van der Waals surface area contributed by atoms with E-state index < -0.39 is 0 Å². The van der Waals surface area contributed by atoms with E-state index in [1.165, 1.54) is 174 Å². The van der Waals surface area contributed by atoms with Crippen molar-refractivity contribution in [2.75, 3.05) is 13.1 Å². The molecule has 0 aromatic heterocycles. The van der Waals surface area contributed by atoms with Crippen LogP contribution in [-0.4, -0.2) is 24.0 Å². The summed E-state index contributed by atoms with van der Waals surface area (Å²) in [5, 5.41) is 0. The fourth-order valence-electron chi connectivity index (χ4n) is 7.06. The first kappa shape index (κ1) is 29.2. The fraction of sp³-hybridized carbons (Fsp3) is 1.00. The summed E-state index contributed by atoms with van der Waals surface area (Å²) in [4.78, 5) is 2.92. The van der Waals surface area contributed by atoms with Crippen LogP contribution in [-0.2, 0) is 0 Å². The zero-order valence-electron chi connectivity index (χ0n) is 23.3. The lowest BCUT2D eigenvalue weighted by Crippen LogP contribution is -2.37. The molecule has 1 heteroatoms. The van der Waals surface area contributed by atoms with Crippen LogP contribution in [0.1, 0.15) is 174 Å². The highest BCUT2D eigenvalue weighted by atomic mass is 15.1. The third-order valence-corrected chi connectivity index (χ3v) is 9.23. The predicted octanol–water partition coefficient (Wildman–Crippen LogP) is 10.7. The van der Waals surface area contributed by atoms with Crippen LogP contribution in [0.5, 0.6) is 0 Å². The highest BCUT2D eigenvalue weighted by Crippen LogP contribution is 2.32. The summed E-state index contributed by atoms with van der Waals surface area (Å²) in [7, 11) is 0. The number of rotatable bonds is 11. The van der Waals surface area contributed by atoms with Crippen molar-refractivity contribution in [1.29, 1.82) is 0 Å². The standard InChI is InChI=1S/C32H63N/c1-3-23-32(33-28-21-14-10-7-11-15-22-29-33)27-20-16-19-24-30(4-2)31-25-17-12-8-5-6-9-13-18-26-31/h30-32H,3-29H2,1-2H3. The third-order valence-electron chi connectivity index (χ3n) is 9.23. The van der Waals surface area contributed by atoms with Gasteiger partial charge in [-0.15, -0.1) is 0 Å². The van der Waals surface area contributed by atoms with Gasteiger partial charge in [0.25, 0.3) is 0 Å². The SMILES string of the molecule is CCCC(CCCCCC(CC)C1CCCCCCCCCC1)N1CCCCCCCCC1. The molecule has 2 fully saturated rings. The minimum Gasteiger partial charge on any atom is -0.300 e. The predicted molar refractivity (Wildman–Crippen MR) is 149 cm³/mol. The van der Waals surface area contributed by atoms with Crippen molar-refractivity contribution in [2.24, 2.45) is 11.8 Å². The molecule has 33 heavy (non-hydrogen) atoms. The highest BCUT2D eigenvalue weighted by molar-refractivity contribution is 4.74. The van der Waals surface area contributed by atoms with Crippen LogP contribution in [0.3, 0.4) is 0 Å². The lowest BCUT2D eigenvalue weighted by molar-refractivity contribution is 0.162. The van der Waals surface area contributed by atoms with Gasteiger partial charge in [-0.05, 0) is 50.6 Å². The van der Waals surface area contributed by atoms with Crippen molar-refractivity contribution in [2.45, 2.75) is 180 Å². The van der Waals surface area contributed by atoms with Crippen molar-refractivity contribution in [1.82, 2.24) is 4.90 Å². The minimum absolute atomic E-state index is 0.874. The fourth-order valence-corrected chi connectivity index (χ4v) is 7.06. The Morgan fingerprint density at radius 2 is 1.03 bits per heavy atom. The van der Waals surface area contributed by atoms with E-state index in [0.717, 1.165) is 17.9 Å². The van der Waals surface area contributed by atoms with E-state index in [1.807, 2.05) is 0 Å². The summed E-state index contributed by atoms with van der Waals surface area (Å²) in [6.45, 7) is 7.65. The summed E-state index contributed by atoms with van der Waals surface area (Å²) < 4.78 is 0. The van der Waals surface area contributed by atoms with Gasteiger partial charge in [-0.25, -0.2) is 0 Å². The summed E-state index contributed by atoms with van der Waals surface area (Å²) in [5.74, 6) is 2.05. The molecule has 1 saturated heterocycles. The van der Waals surface area contributed by atoms with Gasteiger partial charge in [0.15, 0.2) is 0 Å². The first-order valence-corrected chi connectivity index (χ1v) is 16.1. The van der Waals surface area contributed by atoms with Crippen molar-refractivity contribution in [3.05, 3.63) is 0 Å². The Morgan fingerprint density at radius 1 is 0.545 bits per heavy atom. The smallest absolute Gasteiger partial charge is 0.00951 e. The Labute approximate surface area is 210 Å². The van der Waals surface area contributed by atoms with E-state index in [4.69, 9.17) is 0 Å². The van der Waals surface area contributed by atoms with Crippen LogP contribution in [0, 0.1) is 11.8 Å². The molecule has 0 amide bonds. The molecule has 1 nitrogen and oxygen atoms in total. The van der Waals surface area contributed by atoms with E-state index in [9.17, 15) is 0 Å². The maximum atomic E-state index is 2.92. The molecule has 0 radical (unpaired) electrons. The quantitative estimate of drug-likeness (QED) is 0.276. The molecule has 1 saturated carbocycles. The second kappa shape index (κ2) is 20.2. The van der Waals surface area contributed by atoms with Crippen molar-refractivity contribution < 1.29 is 0 Å². The first-order chi connectivity index (χ1) is 16.3. The molecule has 0 aromatic carbocycles. The number of hydrogen-bond acceptors (Lipinski definition) is 1. The number of nitrogens with zero attached hydrogens (tertiary/aromatic N) is 1. The molecular formula is C32H63N. The van der Waals surface area contributed by atoms with E-state index in [1.54, 1.807) is 0 Å². The van der Waals surface area contributed by atoms with Gasteiger partial charge < -0.3 is 4.90 Å². The maximum Gasteiger partial charge on any atom is 0.00951 e. The molecule has 0 aromatic rings. The Balaban J connectivity index is 1.71. The van der Waals surface area contributed by atoms with Crippen LogP contribution in [0.2, 0.25) is 0 Å². The van der Waals surface area contributed by atoms with E-state index in [-0.39, 0.29) is 0 Å². The van der Waals surface area contributed by atoms with Crippen molar-refractivity contribution in [3.63, 3.8) is 0 Å².